The SMILES string of the molecule is C=C1C(=O)C23C(O)CC4C(C)(C)c5nc(N)sc5CC4(C)C2CCC1C3O. The highest BCUT2D eigenvalue weighted by Gasteiger charge is 2.74. The molecule has 5 nitrogen and oxygen atoms in total. The van der Waals surface area contributed by atoms with Gasteiger partial charge in [0, 0.05) is 16.2 Å². The third-order valence-corrected chi connectivity index (χ3v) is 9.57. The number of Topliss-reactive ketones (excluding diaryl/α,β-unsaturated/α-hetero) is 1. The van der Waals surface area contributed by atoms with Gasteiger partial charge in [-0.3, -0.25) is 4.79 Å². The number of carbonyl (C=O) groups excluding carboxylic acids is 1. The minimum Gasteiger partial charge on any atom is -0.392 e. The van der Waals surface area contributed by atoms with Crippen LogP contribution in [0.25, 0.3) is 0 Å². The molecule has 4 aliphatic rings. The summed E-state index contributed by atoms with van der Waals surface area (Å²) >= 11 is 1.55. The van der Waals surface area contributed by atoms with Gasteiger partial charge in [-0.05, 0) is 48.5 Å². The lowest BCUT2D eigenvalue weighted by atomic mass is 9.40. The van der Waals surface area contributed by atoms with Gasteiger partial charge in [-0.2, -0.15) is 0 Å². The summed E-state index contributed by atoms with van der Waals surface area (Å²) in [4.78, 5) is 19.2. The molecule has 1 aromatic rings. The highest BCUT2D eigenvalue weighted by Crippen LogP contribution is 2.70. The minimum atomic E-state index is -1.09. The maximum absolute atomic E-state index is 13.3. The van der Waals surface area contributed by atoms with Gasteiger partial charge in [0.2, 0.25) is 0 Å². The summed E-state index contributed by atoms with van der Waals surface area (Å²) in [5.41, 5.74) is 6.09. The van der Waals surface area contributed by atoms with Crippen LogP contribution < -0.4 is 5.73 Å². The van der Waals surface area contributed by atoms with Gasteiger partial charge in [-0.15, -0.1) is 11.3 Å². The molecule has 27 heavy (non-hydrogen) atoms. The standard InChI is InChI=1S/C21H28N2O3S/c1-9-10-5-6-12-20(4)8-11-15(23-18(22)27-11)19(2,3)13(20)7-14(24)21(12,16(9)25)17(10)26/h10,12-14,17,24,26H,1,5-8H2,2-4H3,(H2,22,23). The number of fused-ring (bicyclic) bond motifs is 4. The smallest absolute Gasteiger partial charge is 0.180 e. The zero-order chi connectivity index (χ0) is 19.5. The Morgan fingerprint density at radius 1 is 1.22 bits per heavy atom. The number of hydrogen-bond acceptors (Lipinski definition) is 6. The molecule has 1 spiro atoms. The van der Waals surface area contributed by atoms with Crippen molar-refractivity contribution in [2.75, 3.05) is 5.73 Å². The topological polar surface area (TPSA) is 96.4 Å². The summed E-state index contributed by atoms with van der Waals surface area (Å²) in [7, 11) is 0. The first-order valence-corrected chi connectivity index (χ1v) is 10.7. The Balaban J connectivity index is 1.72. The summed E-state index contributed by atoms with van der Waals surface area (Å²) in [6, 6.07) is 0. The highest BCUT2D eigenvalue weighted by atomic mass is 32.1. The minimum absolute atomic E-state index is 0.0625. The van der Waals surface area contributed by atoms with Gasteiger partial charge in [-0.25, -0.2) is 4.98 Å². The maximum Gasteiger partial charge on any atom is 0.180 e. The number of nitrogen functional groups attached to an aromatic ring is 1. The molecule has 7 atom stereocenters. The van der Waals surface area contributed by atoms with E-state index in [1.165, 1.54) is 4.88 Å². The molecule has 6 heteroatoms. The predicted molar refractivity (Wildman–Crippen MR) is 104 cm³/mol. The first-order chi connectivity index (χ1) is 12.6. The van der Waals surface area contributed by atoms with Gasteiger partial charge in [0.25, 0.3) is 0 Å². The number of aliphatic hydroxyl groups excluding tert-OH is 2. The van der Waals surface area contributed by atoms with Crippen molar-refractivity contribution in [2.45, 2.75) is 64.1 Å². The molecule has 0 aromatic carbocycles. The second-order valence-corrected chi connectivity index (χ2v) is 11.1. The van der Waals surface area contributed by atoms with Gasteiger partial charge >= 0.3 is 0 Å². The number of hydrogen-bond donors (Lipinski definition) is 3. The van der Waals surface area contributed by atoms with E-state index in [4.69, 9.17) is 5.73 Å². The summed E-state index contributed by atoms with van der Waals surface area (Å²) in [6.07, 6.45) is 1.25. The van der Waals surface area contributed by atoms with Crippen molar-refractivity contribution < 1.29 is 15.0 Å². The number of nitrogens with zero attached hydrogens (tertiary/aromatic N) is 1. The Morgan fingerprint density at radius 3 is 2.63 bits per heavy atom. The zero-order valence-corrected chi connectivity index (χ0v) is 17.0. The van der Waals surface area contributed by atoms with E-state index in [2.05, 4.69) is 32.3 Å². The summed E-state index contributed by atoms with van der Waals surface area (Å²) < 4.78 is 0. The average molecular weight is 389 g/mol. The molecule has 1 aromatic heterocycles. The molecule has 1 heterocycles. The lowest BCUT2D eigenvalue weighted by Crippen LogP contribution is -2.68. The summed E-state index contributed by atoms with van der Waals surface area (Å²) in [6.45, 7) is 10.6. The van der Waals surface area contributed by atoms with Gasteiger partial charge in [0.05, 0.1) is 23.3 Å². The number of carbonyl (C=O) groups is 1. The Hall–Kier alpha value is -1.24. The normalized spacial score (nSPS) is 47.4. The summed E-state index contributed by atoms with van der Waals surface area (Å²) in [5, 5.41) is 23.1. The first-order valence-electron chi connectivity index (χ1n) is 9.91. The van der Waals surface area contributed by atoms with Crippen LogP contribution in [0.2, 0.25) is 0 Å². The van der Waals surface area contributed by atoms with Crippen LogP contribution in [-0.2, 0) is 16.6 Å². The van der Waals surface area contributed by atoms with Crippen LogP contribution in [0.4, 0.5) is 5.13 Å². The van der Waals surface area contributed by atoms with Crippen LogP contribution in [0.15, 0.2) is 12.2 Å². The quantitative estimate of drug-likeness (QED) is 0.593. The first kappa shape index (κ1) is 17.8. The summed E-state index contributed by atoms with van der Waals surface area (Å²) in [5.74, 6) is -0.181. The van der Waals surface area contributed by atoms with Crippen molar-refractivity contribution in [1.29, 1.82) is 0 Å². The molecule has 4 aliphatic carbocycles. The number of ketones is 1. The molecule has 0 saturated heterocycles. The van der Waals surface area contributed by atoms with Crippen molar-refractivity contribution in [1.82, 2.24) is 4.98 Å². The zero-order valence-electron chi connectivity index (χ0n) is 16.2. The number of rotatable bonds is 0. The van der Waals surface area contributed by atoms with Gasteiger partial charge in [0.15, 0.2) is 10.9 Å². The molecule has 2 bridgehead atoms. The third-order valence-electron chi connectivity index (χ3n) is 8.69. The molecule has 0 amide bonds. The molecule has 4 N–H and O–H groups in total. The Bertz CT molecular complexity index is 877. The van der Waals surface area contributed by atoms with Crippen molar-refractivity contribution in [3.05, 3.63) is 22.7 Å². The molecule has 3 fully saturated rings. The Kier molecular flexibility index (Phi) is 3.32. The van der Waals surface area contributed by atoms with Gasteiger partial charge in [-0.1, -0.05) is 27.4 Å². The average Bonchev–Trinajstić information content (AvgIpc) is 3.00. The number of aromatic nitrogens is 1. The second-order valence-electron chi connectivity index (χ2n) is 10.0. The lowest BCUT2D eigenvalue weighted by Gasteiger charge is -2.64. The fourth-order valence-corrected chi connectivity index (χ4v) is 8.82. The molecule has 3 saturated carbocycles. The molecule has 7 unspecified atom stereocenters. The molecule has 0 radical (unpaired) electrons. The Labute approximate surface area is 163 Å². The van der Waals surface area contributed by atoms with Crippen LogP contribution >= 0.6 is 11.3 Å². The number of anilines is 1. The van der Waals surface area contributed by atoms with Crippen LogP contribution in [0, 0.1) is 28.6 Å². The van der Waals surface area contributed by atoms with Crippen LogP contribution in [0.1, 0.15) is 50.6 Å². The molecule has 146 valence electrons. The van der Waals surface area contributed by atoms with E-state index in [0.29, 0.717) is 17.1 Å². The van der Waals surface area contributed by atoms with Crippen LogP contribution in [0.3, 0.4) is 0 Å². The monoisotopic (exact) mass is 388 g/mol. The highest BCUT2D eigenvalue weighted by molar-refractivity contribution is 7.15. The van der Waals surface area contributed by atoms with Crippen molar-refractivity contribution in [3.63, 3.8) is 0 Å². The van der Waals surface area contributed by atoms with E-state index in [1.807, 2.05) is 0 Å². The van der Waals surface area contributed by atoms with E-state index in [9.17, 15) is 15.0 Å². The van der Waals surface area contributed by atoms with E-state index >= 15 is 0 Å². The molecular formula is C21H28N2O3S. The van der Waals surface area contributed by atoms with E-state index in [1.54, 1.807) is 11.3 Å². The van der Waals surface area contributed by atoms with E-state index in [-0.39, 0.29) is 34.4 Å². The predicted octanol–water partition coefficient (Wildman–Crippen LogP) is 2.46. The maximum atomic E-state index is 13.3. The number of aliphatic hydroxyl groups is 2. The van der Waals surface area contributed by atoms with Crippen molar-refractivity contribution in [3.8, 4) is 0 Å². The third kappa shape index (κ3) is 1.79. The fraction of sp³-hybridized carbons (Fsp3) is 0.714. The van der Waals surface area contributed by atoms with Crippen LogP contribution in [0.5, 0.6) is 0 Å². The Morgan fingerprint density at radius 2 is 1.93 bits per heavy atom. The van der Waals surface area contributed by atoms with Crippen LogP contribution in [-0.4, -0.2) is 33.2 Å². The molecular weight excluding hydrogens is 360 g/mol. The lowest BCUT2D eigenvalue weighted by molar-refractivity contribution is -0.212. The van der Waals surface area contributed by atoms with E-state index in [0.717, 1.165) is 25.0 Å². The second kappa shape index (κ2) is 5.02. The van der Waals surface area contributed by atoms with E-state index < -0.39 is 17.6 Å². The van der Waals surface area contributed by atoms with Gasteiger partial charge < -0.3 is 15.9 Å². The van der Waals surface area contributed by atoms with Gasteiger partial charge in [0.1, 0.15) is 0 Å². The van der Waals surface area contributed by atoms with Crippen molar-refractivity contribution in [2.24, 2.45) is 28.6 Å². The number of thiazole rings is 1. The fourth-order valence-electron chi connectivity index (χ4n) is 7.64. The van der Waals surface area contributed by atoms with Crippen molar-refractivity contribution >= 4 is 22.3 Å². The molecule has 5 rings (SSSR count). The largest absolute Gasteiger partial charge is 0.392 e. The number of nitrogens with two attached hydrogens (primary N) is 1. The molecule has 0 aliphatic heterocycles.